The molecule has 2 N–H and O–H groups in total. The van der Waals surface area contributed by atoms with E-state index in [9.17, 15) is 5.11 Å². The van der Waals surface area contributed by atoms with Gasteiger partial charge >= 0.3 is 0 Å². The molecule has 196 valence electrons. The van der Waals surface area contributed by atoms with E-state index in [4.69, 9.17) is 4.98 Å². The van der Waals surface area contributed by atoms with Gasteiger partial charge in [-0.15, -0.1) is 0 Å². The van der Waals surface area contributed by atoms with Crippen molar-refractivity contribution in [3.8, 4) is 11.1 Å². The molecule has 0 saturated heterocycles. The van der Waals surface area contributed by atoms with Crippen molar-refractivity contribution in [2.75, 3.05) is 11.7 Å². The molecule has 0 fully saturated rings. The Kier molecular flexibility index (Phi) is 12.3. The molecule has 1 aliphatic heterocycles. The second kappa shape index (κ2) is 15.4. The first kappa shape index (κ1) is 29.5. The predicted molar refractivity (Wildman–Crippen MR) is 161 cm³/mol. The Hall–Kier alpha value is -3.70. The molecule has 2 aromatic carbocycles. The number of aliphatic hydroxyl groups is 1. The fourth-order valence-electron chi connectivity index (χ4n) is 4.14. The van der Waals surface area contributed by atoms with Crippen LogP contribution in [0.5, 0.6) is 0 Å². The number of aliphatic imine (C=N–C) groups is 1. The average molecular weight is 499 g/mol. The van der Waals surface area contributed by atoms with Gasteiger partial charge in [0.1, 0.15) is 18.6 Å². The van der Waals surface area contributed by atoms with Crippen LogP contribution in [0.15, 0.2) is 96.0 Å². The third-order valence-electron chi connectivity index (χ3n) is 5.70. The molecule has 1 unspecified atom stereocenters. The van der Waals surface area contributed by atoms with Gasteiger partial charge in [-0.05, 0) is 42.7 Å². The Labute approximate surface area is 223 Å². The fraction of sp³-hybridized carbons (Fsp3) is 0.312. The van der Waals surface area contributed by atoms with Crippen molar-refractivity contribution in [3.63, 3.8) is 0 Å². The quantitative estimate of drug-likeness (QED) is 0.309. The number of anilines is 1. The summed E-state index contributed by atoms with van der Waals surface area (Å²) >= 11 is 0. The lowest BCUT2D eigenvalue weighted by molar-refractivity contribution is 0.0803. The van der Waals surface area contributed by atoms with Crippen LogP contribution in [0, 0.1) is 0 Å². The highest BCUT2D eigenvalue weighted by molar-refractivity contribution is 5.92. The first-order chi connectivity index (χ1) is 18.2. The number of rotatable bonds is 8. The minimum atomic E-state index is -1.10. The summed E-state index contributed by atoms with van der Waals surface area (Å²) in [7, 11) is 0. The summed E-state index contributed by atoms with van der Waals surface area (Å²) in [6.07, 6.45) is 14.8. The molecule has 3 aromatic rings. The number of hydrogen-bond donors (Lipinski definition) is 2. The van der Waals surface area contributed by atoms with E-state index >= 15 is 0 Å². The molecule has 1 aliphatic rings. The van der Waals surface area contributed by atoms with Crippen molar-refractivity contribution in [3.05, 3.63) is 96.6 Å². The Morgan fingerprint density at radius 3 is 2.35 bits per heavy atom. The minimum Gasteiger partial charge on any atom is -0.381 e. The summed E-state index contributed by atoms with van der Waals surface area (Å²) in [6.45, 7) is 12.6. The second-order valence-electron chi connectivity index (χ2n) is 8.05. The normalized spacial score (nSPS) is 14.4. The molecule has 5 nitrogen and oxygen atoms in total. The van der Waals surface area contributed by atoms with E-state index in [0.29, 0.717) is 13.1 Å². The van der Waals surface area contributed by atoms with Crippen molar-refractivity contribution in [1.29, 1.82) is 0 Å². The topological polar surface area (TPSA) is 60.8 Å². The number of pyridine rings is 1. The molecule has 1 atom stereocenters. The second-order valence-corrected chi connectivity index (χ2v) is 8.05. The summed E-state index contributed by atoms with van der Waals surface area (Å²) in [5, 5.41) is 14.6. The zero-order chi connectivity index (χ0) is 27.1. The Bertz CT molecular complexity index is 1210. The molecule has 1 aromatic heterocycles. The first-order valence-electron chi connectivity index (χ1n) is 13.4. The summed E-state index contributed by atoms with van der Waals surface area (Å²) < 4.78 is 0. The zero-order valence-electron chi connectivity index (χ0n) is 23.1. The van der Waals surface area contributed by atoms with Gasteiger partial charge in [-0.2, -0.15) is 0 Å². The molecule has 0 radical (unpaired) electrons. The maximum absolute atomic E-state index is 11.8. The van der Waals surface area contributed by atoms with Crippen LogP contribution in [0.25, 0.3) is 22.0 Å². The number of benzene rings is 2. The van der Waals surface area contributed by atoms with E-state index in [1.165, 1.54) is 0 Å². The highest BCUT2D eigenvalue weighted by atomic mass is 16.3. The van der Waals surface area contributed by atoms with E-state index in [1.54, 1.807) is 6.34 Å². The molecule has 0 aliphatic carbocycles. The zero-order valence-corrected chi connectivity index (χ0v) is 23.1. The Balaban J connectivity index is 0.00000115. The maximum atomic E-state index is 11.8. The molecular weight excluding hydrogens is 456 g/mol. The number of hydrazine groups is 1. The number of nitrogens with one attached hydrogen (secondary N) is 1. The lowest BCUT2D eigenvalue weighted by Gasteiger charge is -2.27. The molecule has 37 heavy (non-hydrogen) atoms. The summed E-state index contributed by atoms with van der Waals surface area (Å²) in [4.78, 5) is 9.30. The third kappa shape index (κ3) is 7.40. The van der Waals surface area contributed by atoms with Crippen LogP contribution in [0.3, 0.4) is 0 Å². The minimum absolute atomic E-state index is 0.499. The van der Waals surface area contributed by atoms with E-state index in [-0.39, 0.29) is 0 Å². The van der Waals surface area contributed by atoms with E-state index in [2.05, 4.69) is 35.5 Å². The van der Waals surface area contributed by atoms with Crippen LogP contribution in [0.4, 0.5) is 5.82 Å². The van der Waals surface area contributed by atoms with Gasteiger partial charge in [0.25, 0.3) is 0 Å². The van der Waals surface area contributed by atoms with Gasteiger partial charge in [0.15, 0.2) is 5.82 Å². The average Bonchev–Trinajstić information content (AvgIpc) is 3.50. The molecule has 0 saturated carbocycles. The van der Waals surface area contributed by atoms with Crippen LogP contribution in [0.2, 0.25) is 0 Å². The van der Waals surface area contributed by atoms with Crippen LogP contribution in [0.1, 0.15) is 59.9 Å². The van der Waals surface area contributed by atoms with E-state index in [0.717, 1.165) is 39.8 Å². The van der Waals surface area contributed by atoms with E-state index in [1.807, 2.05) is 112 Å². The lowest BCUT2D eigenvalue weighted by atomic mass is 9.85. The van der Waals surface area contributed by atoms with Gasteiger partial charge < -0.3 is 5.11 Å². The van der Waals surface area contributed by atoms with Crippen molar-refractivity contribution < 1.29 is 5.11 Å². The number of fused-ring (bicyclic) bond motifs is 1. The highest BCUT2D eigenvalue weighted by Crippen LogP contribution is 2.38. The monoisotopic (exact) mass is 498 g/mol. The smallest absolute Gasteiger partial charge is 0.157 e. The van der Waals surface area contributed by atoms with Crippen LogP contribution in [-0.4, -0.2) is 23.1 Å². The van der Waals surface area contributed by atoms with Gasteiger partial charge in [-0.1, -0.05) is 114 Å². The van der Waals surface area contributed by atoms with Crippen LogP contribution >= 0.6 is 0 Å². The number of hydrogen-bond acceptors (Lipinski definition) is 5. The van der Waals surface area contributed by atoms with Gasteiger partial charge in [-0.3, -0.25) is 10.4 Å². The van der Waals surface area contributed by atoms with Crippen molar-refractivity contribution in [2.45, 2.75) is 60.0 Å². The predicted octanol–water partition coefficient (Wildman–Crippen LogP) is 7.94. The summed E-state index contributed by atoms with van der Waals surface area (Å²) in [5.74, 6) is 0.812. The van der Waals surface area contributed by atoms with Crippen molar-refractivity contribution >= 4 is 23.1 Å². The first-order valence-corrected chi connectivity index (χ1v) is 13.4. The standard InChI is InChI=1S/C28H30N4O.2C2H6/c1-3-5-6-7-11-18-28(33,17-4-2)25-15-12-16-26-24(25)19-23(22-13-9-8-10-14-22)27(31-26)32-21-29-20-30-32;2*1-2/h3,5-16,18-20,33H,4,17,21H2,1-2H3,(H,29,30);2*1-2H3/b5-3-,7-6-,18-11+;;. The molecule has 2 heterocycles. The largest absolute Gasteiger partial charge is 0.381 e. The van der Waals surface area contributed by atoms with Gasteiger partial charge in [0, 0.05) is 10.9 Å². The molecule has 4 rings (SSSR count). The van der Waals surface area contributed by atoms with Gasteiger partial charge in [-0.25, -0.2) is 9.99 Å². The highest BCUT2D eigenvalue weighted by Gasteiger charge is 2.28. The van der Waals surface area contributed by atoms with Gasteiger partial charge in [0.2, 0.25) is 0 Å². The Morgan fingerprint density at radius 2 is 1.70 bits per heavy atom. The SMILES string of the molecule is CC.CC.C\C=C/C=C\C=C\C(O)(CCC)c1cccc2nc(N3CN=CN3)c(-c3ccccc3)cc12. The molecule has 0 amide bonds. The van der Waals surface area contributed by atoms with Crippen LogP contribution in [-0.2, 0) is 5.60 Å². The summed E-state index contributed by atoms with van der Waals surface area (Å²) in [5.41, 5.74) is 5.82. The van der Waals surface area contributed by atoms with E-state index < -0.39 is 5.60 Å². The molecule has 0 bridgehead atoms. The third-order valence-corrected chi connectivity index (χ3v) is 5.70. The summed E-state index contributed by atoms with van der Waals surface area (Å²) in [6, 6.07) is 18.3. The fourth-order valence-corrected chi connectivity index (χ4v) is 4.14. The van der Waals surface area contributed by atoms with Crippen molar-refractivity contribution in [2.24, 2.45) is 4.99 Å². The lowest BCUT2D eigenvalue weighted by Crippen LogP contribution is -2.32. The molecule has 5 heteroatoms. The van der Waals surface area contributed by atoms with Crippen molar-refractivity contribution in [1.82, 2.24) is 10.4 Å². The number of allylic oxidation sites excluding steroid dienone is 5. The number of aromatic nitrogens is 1. The molecule has 0 spiro atoms. The maximum Gasteiger partial charge on any atom is 0.157 e. The molecular formula is C32H42N4O. The van der Waals surface area contributed by atoms with Crippen LogP contribution < -0.4 is 10.4 Å². The number of nitrogens with zero attached hydrogens (tertiary/aromatic N) is 3. The Morgan fingerprint density at radius 1 is 0.973 bits per heavy atom. The van der Waals surface area contributed by atoms with Gasteiger partial charge in [0.05, 0.1) is 5.52 Å².